The van der Waals surface area contributed by atoms with Crippen LogP contribution in [0, 0.1) is 0 Å². The highest BCUT2D eigenvalue weighted by atomic mass is 17.2. The fourth-order valence-corrected chi connectivity index (χ4v) is 1.73. The molecule has 0 aliphatic rings. The standard InChI is InChI=1S/C18H16O5/c1-12(2)18(20)23-22-16-10-6-14(7-11-16)17(19)13-4-8-15(21-3)9-5-13/h4-11H,1H2,2-3H3. The molecule has 23 heavy (non-hydrogen) atoms. The molecule has 0 N–H and O–H groups in total. The number of rotatable bonds is 6. The molecule has 0 spiro atoms. The van der Waals surface area contributed by atoms with Gasteiger partial charge in [-0.3, -0.25) is 9.68 Å². The summed E-state index contributed by atoms with van der Waals surface area (Å²) in [4.78, 5) is 33.0. The Labute approximate surface area is 134 Å². The number of methoxy groups -OCH3 is 1. The van der Waals surface area contributed by atoms with E-state index in [-0.39, 0.29) is 11.4 Å². The zero-order valence-corrected chi connectivity index (χ0v) is 12.9. The van der Waals surface area contributed by atoms with Gasteiger partial charge in [0.25, 0.3) is 0 Å². The SMILES string of the molecule is C=C(C)C(=O)OOc1ccc(C(=O)c2ccc(OC)cc2)cc1. The average molecular weight is 312 g/mol. The summed E-state index contributed by atoms with van der Waals surface area (Å²) < 4.78 is 5.06. The van der Waals surface area contributed by atoms with E-state index < -0.39 is 5.97 Å². The Bertz CT molecular complexity index is 714. The van der Waals surface area contributed by atoms with Gasteiger partial charge in [-0.25, -0.2) is 9.68 Å². The zero-order valence-electron chi connectivity index (χ0n) is 12.9. The zero-order chi connectivity index (χ0) is 16.8. The predicted molar refractivity (Wildman–Crippen MR) is 84.4 cm³/mol. The highest BCUT2D eigenvalue weighted by Gasteiger charge is 2.10. The van der Waals surface area contributed by atoms with Crippen LogP contribution in [0.3, 0.4) is 0 Å². The highest BCUT2D eigenvalue weighted by Crippen LogP contribution is 2.18. The smallest absolute Gasteiger partial charge is 0.381 e. The summed E-state index contributed by atoms with van der Waals surface area (Å²) in [6, 6.07) is 13.1. The minimum absolute atomic E-state index is 0.127. The van der Waals surface area contributed by atoms with Crippen molar-refractivity contribution in [3.63, 3.8) is 0 Å². The first-order valence-electron chi connectivity index (χ1n) is 6.84. The molecule has 0 saturated heterocycles. The molecule has 0 amide bonds. The maximum atomic E-state index is 12.3. The lowest BCUT2D eigenvalue weighted by molar-refractivity contribution is -0.208. The Hall–Kier alpha value is -3.08. The van der Waals surface area contributed by atoms with E-state index in [4.69, 9.17) is 9.62 Å². The number of carbonyl (C=O) groups is 2. The van der Waals surface area contributed by atoms with Crippen LogP contribution in [0.4, 0.5) is 0 Å². The summed E-state index contributed by atoms with van der Waals surface area (Å²) in [6.45, 7) is 4.96. The van der Waals surface area contributed by atoms with Gasteiger partial charge in [0.1, 0.15) is 5.75 Å². The van der Waals surface area contributed by atoms with E-state index in [1.54, 1.807) is 55.6 Å². The Morgan fingerprint density at radius 3 is 1.78 bits per heavy atom. The molecule has 5 heteroatoms. The number of ketones is 1. The van der Waals surface area contributed by atoms with Gasteiger partial charge in [0, 0.05) is 16.7 Å². The van der Waals surface area contributed by atoms with Crippen molar-refractivity contribution in [3.05, 3.63) is 71.8 Å². The van der Waals surface area contributed by atoms with E-state index in [0.717, 1.165) is 0 Å². The van der Waals surface area contributed by atoms with Gasteiger partial charge in [-0.15, -0.1) is 0 Å². The number of hydrogen-bond acceptors (Lipinski definition) is 5. The predicted octanol–water partition coefficient (Wildman–Crippen LogP) is 3.34. The molecular weight excluding hydrogens is 296 g/mol. The summed E-state index contributed by atoms with van der Waals surface area (Å²) in [5.41, 5.74) is 1.28. The summed E-state index contributed by atoms with van der Waals surface area (Å²) >= 11 is 0. The lowest BCUT2D eigenvalue weighted by Crippen LogP contribution is -2.08. The summed E-state index contributed by atoms with van der Waals surface area (Å²) in [5, 5.41) is 0. The van der Waals surface area contributed by atoms with E-state index >= 15 is 0 Å². The van der Waals surface area contributed by atoms with Gasteiger partial charge < -0.3 is 4.74 Å². The molecule has 0 unspecified atom stereocenters. The van der Waals surface area contributed by atoms with Gasteiger partial charge in [-0.1, -0.05) is 6.58 Å². The Morgan fingerprint density at radius 2 is 1.35 bits per heavy atom. The van der Waals surface area contributed by atoms with Gasteiger partial charge in [-0.05, 0) is 55.5 Å². The van der Waals surface area contributed by atoms with Crippen LogP contribution >= 0.6 is 0 Å². The molecule has 0 aliphatic carbocycles. The third-order valence-electron chi connectivity index (χ3n) is 3.03. The minimum Gasteiger partial charge on any atom is -0.497 e. The van der Waals surface area contributed by atoms with Crippen LogP contribution in [0.1, 0.15) is 22.8 Å². The first-order chi connectivity index (χ1) is 11.0. The third kappa shape index (κ3) is 4.20. The van der Waals surface area contributed by atoms with Crippen molar-refractivity contribution in [2.24, 2.45) is 0 Å². The van der Waals surface area contributed by atoms with E-state index in [2.05, 4.69) is 11.5 Å². The van der Waals surface area contributed by atoms with Crippen LogP contribution in [0.25, 0.3) is 0 Å². The van der Waals surface area contributed by atoms with Crippen LogP contribution in [-0.2, 0) is 9.68 Å². The van der Waals surface area contributed by atoms with Crippen LogP contribution in [0.2, 0.25) is 0 Å². The average Bonchev–Trinajstić information content (AvgIpc) is 2.59. The highest BCUT2D eigenvalue weighted by molar-refractivity contribution is 6.09. The van der Waals surface area contributed by atoms with Gasteiger partial charge >= 0.3 is 5.97 Å². The molecule has 0 bridgehead atoms. The maximum Gasteiger partial charge on any atom is 0.381 e. The van der Waals surface area contributed by atoms with Crippen molar-refractivity contribution in [1.29, 1.82) is 0 Å². The first kappa shape index (κ1) is 16.3. The van der Waals surface area contributed by atoms with Crippen molar-refractivity contribution in [2.75, 3.05) is 7.11 Å². The lowest BCUT2D eigenvalue weighted by Gasteiger charge is -2.06. The number of ether oxygens (including phenoxy) is 1. The van der Waals surface area contributed by atoms with E-state index in [0.29, 0.717) is 22.6 Å². The van der Waals surface area contributed by atoms with Gasteiger partial charge in [-0.2, -0.15) is 0 Å². The van der Waals surface area contributed by atoms with E-state index in [9.17, 15) is 9.59 Å². The fourth-order valence-electron chi connectivity index (χ4n) is 1.73. The van der Waals surface area contributed by atoms with Crippen LogP contribution in [0.15, 0.2) is 60.7 Å². The normalized spacial score (nSPS) is 9.83. The molecule has 0 atom stereocenters. The lowest BCUT2D eigenvalue weighted by atomic mass is 10.0. The quantitative estimate of drug-likeness (QED) is 0.354. The van der Waals surface area contributed by atoms with Gasteiger partial charge in [0.05, 0.1) is 7.11 Å². The second-order valence-electron chi connectivity index (χ2n) is 4.82. The molecule has 0 aromatic heterocycles. The molecule has 118 valence electrons. The monoisotopic (exact) mass is 312 g/mol. The third-order valence-corrected chi connectivity index (χ3v) is 3.03. The first-order valence-corrected chi connectivity index (χ1v) is 6.84. The largest absolute Gasteiger partial charge is 0.497 e. The molecule has 0 saturated carbocycles. The number of benzene rings is 2. The number of carbonyl (C=O) groups excluding carboxylic acids is 2. The Morgan fingerprint density at radius 1 is 0.870 bits per heavy atom. The second kappa shape index (κ2) is 7.26. The molecule has 0 radical (unpaired) electrons. The summed E-state index contributed by atoms with van der Waals surface area (Å²) in [5.74, 6) is 0.219. The molecule has 0 aliphatic heterocycles. The van der Waals surface area contributed by atoms with E-state index in [1.165, 1.54) is 6.92 Å². The Balaban J connectivity index is 2.04. The number of hydrogen-bond donors (Lipinski definition) is 0. The van der Waals surface area contributed by atoms with Crippen LogP contribution < -0.4 is 9.62 Å². The van der Waals surface area contributed by atoms with Crippen molar-refractivity contribution >= 4 is 11.8 Å². The van der Waals surface area contributed by atoms with Crippen LogP contribution in [0.5, 0.6) is 11.5 Å². The molecule has 2 rings (SSSR count). The topological polar surface area (TPSA) is 61.8 Å². The Kier molecular flexibility index (Phi) is 5.15. The molecule has 2 aromatic rings. The van der Waals surface area contributed by atoms with Crippen LogP contribution in [-0.4, -0.2) is 18.9 Å². The van der Waals surface area contributed by atoms with Crippen molar-refractivity contribution in [3.8, 4) is 11.5 Å². The molecule has 0 heterocycles. The molecule has 0 fully saturated rings. The second-order valence-corrected chi connectivity index (χ2v) is 4.82. The molecular formula is C18H16O5. The van der Waals surface area contributed by atoms with Gasteiger partial charge in [0.15, 0.2) is 11.5 Å². The molecule has 2 aromatic carbocycles. The van der Waals surface area contributed by atoms with Gasteiger partial charge in [0.2, 0.25) is 0 Å². The summed E-state index contributed by atoms with van der Waals surface area (Å²) in [7, 11) is 1.57. The maximum absolute atomic E-state index is 12.3. The van der Waals surface area contributed by atoms with Crippen molar-refractivity contribution < 1.29 is 24.1 Å². The van der Waals surface area contributed by atoms with Crippen molar-refractivity contribution in [1.82, 2.24) is 0 Å². The fraction of sp³-hybridized carbons (Fsp3) is 0.111. The summed E-state index contributed by atoms with van der Waals surface area (Å²) in [6.07, 6.45) is 0. The molecule has 5 nitrogen and oxygen atoms in total. The van der Waals surface area contributed by atoms with E-state index in [1.807, 2.05) is 0 Å². The minimum atomic E-state index is -0.650. The van der Waals surface area contributed by atoms with Crippen molar-refractivity contribution in [2.45, 2.75) is 6.92 Å².